The van der Waals surface area contributed by atoms with E-state index in [4.69, 9.17) is 0 Å². The first-order chi connectivity index (χ1) is 11.5. The van der Waals surface area contributed by atoms with Gasteiger partial charge in [0.25, 0.3) is 0 Å². The van der Waals surface area contributed by atoms with Crippen LogP contribution in [0.1, 0.15) is 31.1 Å². The second-order valence-electron chi connectivity index (χ2n) is 5.95. The molecule has 0 aromatic heterocycles. The lowest BCUT2D eigenvalue weighted by Gasteiger charge is -2.15. The van der Waals surface area contributed by atoms with Crippen LogP contribution in [0.5, 0.6) is 0 Å². The van der Waals surface area contributed by atoms with Gasteiger partial charge in [-0.2, -0.15) is 0 Å². The molecule has 1 aliphatic carbocycles. The van der Waals surface area contributed by atoms with E-state index in [1.807, 2.05) is 6.07 Å². The van der Waals surface area contributed by atoms with E-state index in [0.717, 1.165) is 0 Å². The predicted octanol–water partition coefficient (Wildman–Crippen LogP) is 3.01. The summed E-state index contributed by atoms with van der Waals surface area (Å²) in [6.07, 6.45) is 1.57. The summed E-state index contributed by atoms with van der Waals surface area (Å²) in [5, 5.41) is 0. The van der Waals surface area contributed by atoms with Crippen molar-refractivity contribution < 1.29 is 14.4 Å². The third kappa shape index (κ3) is 2.67. The highest BCUT2D eigenvalue weighted by atomic mass is 16.2. The smallest absolute Gasteiger partial charge is 0.191 e. The van der Waals surface area contributed by atoms with Gasteiger partial charge in [-0.15, -0.1) is 0 Å². The normalized spacial score (nSPS) is 14.7. The summed E-state index contributed by atoms with van der Waals surface area (Å²) >= 11 is 0. The number of carbonyl (C=O) groups excluding carboxylic acids is 3. The van der Waals surface area contributed by atoms with Crippen molar-refractivity contribution in [2.24, 2.45) is 5.92 Å². The first-order valence-electron chi connectivity index (χ1n) is 7.66. The van der Waals surface area contributed by atoms with E-state index < -0.39 is 5.92 Å². The molecule has 0 radical (unpaired) electrons. The van der Waals surface area contributed by atoms with E-state index in [-0.39, 0.29) is 22.9 Å². The minimum Gasteiger partial charge on any atom is -0.383 e. The highest BCUT2D eigenvalue weighted by Crippen LogP contribution is 2.33. The molecule has 4 heteroatoms. The van der Waals surface area contributed by atoms with Crippen molar-refractivity contribution in [3.05, 3.63) is 83.1 Å². The maximum Gasteiger partial charge on any atom is 0.191 e. The number of hydrogen-bond acceptors (Lipinski definition) is 4. The molecule has 0 saturated heterocycles. The van der Waals surface area contributed by atoms with Gasteiger partial charge in [-0.25, -0.2) is 0 Å². The Morgan fingerprint density at radius 2 is 1.38 bits per heavy atom. The van der Waals surface area contributed by atoms with Crippen molar-refractivity contribution in [1.29, 1.82) is 0 Å². The lowest BCUT2D eigenvalue weighted by atomic mass is 9.88. The molecule has 0 atom stereocenters. The van der Waals surface area contributed by atoms with E-state index in [1.54, 1.807) is 73.7 Å². The van der Waals surface area contributed by atoms with Gasteiger partial charge in [-0.3, -0.25) is 14.4 Å². The fourth-order valence-corrected chi connectivity index (χ4v) is 2.92. The minimum absolute atomic E-state index is 0.206. The quantitative estimate of drug-likeness (QED) is 0.494. The summed E-state index contributed by atoms with van der Waals surface area (Å²) in [6, 6.07) is 15.4. The Labute approximate surface area is 140 Å². The molecule has 0 unspecified atom stereocenters. The third-order valence-corrected chi connectivity index (χ3v) is 3.99. The number of nitrogens with zero attached hydrogens (tertiary/aromatic N) is 1. The SMILES string of the molecule is CN(C)/C=C(/C(=O)c1ccccc1)C1C(=O)c2ccccc2C1=O. The van der Waals surface area contributed by atoms with Crippen LogP contribution in [0, 0.1) is 5.92 Å². The van der Waals surface area contributed by atoms with Crippen LogP contribution in [0.15, 0.2) is 66.4 Å². The van der Waals surface area contributed by atoms with Crippen molar-refractivity contribution in [3.8, 4) is 0 Å². The van der Waals surface area contributed by atoms with Crippen LogP contribution < -0.4 is 0 Å². The molecule has 120 valence electrons. The molecule has 0 amide bonds. The first kappa shape index (κ1) is 15.9. The second kappa shape index (κ2) is 6.24. The third-order valence-electron chi connectivity index (χ3n) is 3.99. The predicted molar refractivity (Wildman–Crippen MR) is 91.1 cm³/mol. The minimum atomic E-state index is -1.07. The molecule has 0 aliphatic heterocycles. The molecule has 0 N–H and O–H groups in total. The molecule has 0 fully saturated rings. The Balaban J connectivity index is 2.08. The van der Waals surface area contributed by atoms with Crippen molar-refractivity contribution >= 4 is 17.3 Å². The van der Waals surface area contributed by atoms with Crippen LogP contribution in [0.3, 0.4) is 0 Å². The van der Waals surface area contributed by atoms with Crippen LogP contribution in [0.4, 0.5) is 0 Å². The van der Waals surface area contributed by atoms with E-state index >= 15 is 0 Å². The van der Waals surface area contributed by atoms with Crippen molar-refractivity contribution in [1.82, 2.24) is 4.90 Å². The summed E-state index contributed by atoms with van der Waals surface area (Å²) in [5.41, 5.74) is 1.44. The first-order valence-corrected chi connectivity index (χ1v) is 7.66. The Bertz CT molecular complexity index is 815. The summed E-state index contributed by atoms with van der Waals surface area (Å²) in [7, 11) is 3.52. The van der Waals surface area contributed by atoms with Crippen molar-refractivity contribution in [3.63, 3.8) is 0 Å². The average Bonchev–Trinajstić information content (AvgIpc) is 2.84. The van der Waals surface area contributed by atoms with E-state index in [1.165, 1.54) is 0 Å². The standard InChI is InChI=1S/C20H17NO3/c1-21(2)12-16(18(22)13-8-4-3-5-9-13)17-19(23)14-10-6-7-11-15(14)20(17)24/h3-12,17H,1-2H3/b16-12+. The number of hydrogen-bond donors (Lipinski definition) is 0. The number of rotatable bonds is 4. The van der Waals surface area contributed by atoms with Gasteiger partial charge in [0.2, 0.25) is 0 Å². The molecular formula is C20H17NO3. The number of ketones is 3. The lowest BCUT2D eigenvalue weighted by Crippen LogP contribution is -2.25. The fraction of sp³-hybridized carbons (Fsp3) is 0.150. The van der Waals surface area contributed by atoms with Gasteiger partial charge in [0.1, 0.15) is 5.92 Å². The van der Waals surface area contributed by atoms with E-state index in [9.17, 15) is 14.4 Å². The zero-order chi connectivity index (χ0) is 17.3. The van der Waals surface area contributed by atoms with Crippen LogP contribution in [0.2, 0.25) is 0 Å². The Hall–Kier alpha value is -3.01. The average molecular weight is 319 g/mol. The van der Waals surface area contributed by atoms with Crippen LogP contribution in [-0.2, 0) is 0 Å². The molecule has 0 bridgehead atoms. The van der Waals surface area contributed by atoms with E-state index in [2.05, 4.69) is 0 Å². The molecule has 0 saturated carbocycles. The highest BCUT2D eigenvalue weighted by Gasteiger charge is 2.42. The molecule has 24 heavy (non-hydrogen) atoms. The fourth-order valence-electron chi connectivity index (χ4n) is 2.92. The summed E-state index contributed by atoms with van der Waals surface area (Å²) in [4.78, 5) is 40.1. The summed E-state index contributed by atoms with van der Waals surface area (Å²) in [5.74, 6) is -2.00. The molecule has 0 spiro atoms. The lowest BCUT2D eigenvalue weighted by molar-refractivity contribution is 0.0836. The molecule has 3 rings (SSSR count). The molecule has 2 aromatic carbocycles. The Kier molecular flexibility index (Phi) is 4.13. The van der Waals surface area contributed by atoms with Gasteiger partial charge in [-0.1, -0.05) is 54.6 Å². The monoisotopic (exact) mass is 319 g/mol. The number of fused-ring (bicyclic) bond motifs is 1. The zero-order valence-electron chi connectivity index (χ0n) is 13.5. The zero-order valence-corrected chi connectivity index (χ0v) is 13.5. The van der Waals surface area contributed by atoms with Crippen LogP contribution in [0.25, 0.3) is 0 Å². The number of allylic oxidation sites excluding steroid dienone is 1. The second-order valence-corrected chi connectivity index (χ2v) is 5.95. The van der Waals surface area contributed by atoms with Gasteiger partial charge in [0, 0.05) is 42.6 Å². The van der Waals surface area contributed by atoms with Gasteiger partial charge in [0.15, 0.2) is 17.3 Å². The molecule has 4 nitrogen and oxygen atoms in total. The summed E-state index contributed by atoms with van der Waals surface area (Å²) in [6.45, 7) is 0. The van der Waals surface area contributed by atoms with Crippen molar-refractivity contribution in [2.75, 3.05) is 14.1 Å². The van der Waals surface area contributed by atoms with Gasteiger partial charge < -0.3 is 4.90 Å². The van der Waals surface area contributed by atoms with Crippen molar-refractivity contribution in [2.45, 2.75) is 0 Å². The van der Waals surface area contributed by atoms with Gasteiger partial charge in [-0.05, 0) is 0 Å². The molecule has 2 aromatic rings. The maximum absolute atomic E-state index is 12.9. The molecule has 0 heterocycles. The topological polar surface area (TPSA) is 54.5 Å². The van der Waals surface area contributed by atoms with Gasteiger partial charge >= 0.3 is 0 Å². The van der Waals surface area contributed by atoms with Gasteiger partial charge in [0.05, 0.1) is 0 Å². The number of carbonyl (C=O) groups is 3. The summed E-state index contributed by atoms with van der Waals surface area (Å²) < 4.78 is 0. The largest absolute Gasteiger partial charge is 0.383 e. The number of benzene rings is 2. The molecule has 1 aliphatic rings. The maximum atomic E-state index is 12.9. The number of Topliss-reactive ketones (excluding diaryl/α,β-unsaturated/α-hetero) is 3. The molecular weight excluding hydrogens is 302 g/mol. The van der Waals surface area contributed by atoms with E-state index in [0.29, 0.717) is 16.7 Å². The Morgan fingerprint density at radius 1 is 0.875 bits per heavy atom. The van der Waals surface area contributed by atoms with Crippen LogP contribution in [-0.4, -0.2) is 36.3 Å². The van der Waals surface area contributed by atoms with Crippen LogP contribution >= 0.6 is 0 Å². The highest BCUT2D eigenvalue weighted by molar-refractivity contribution is 6.32. The Morgan fingerprint density at radius 3 is 1.88 bits per heavy atom.